The number of hydroxylamine groups is 2. The fraction of sp³-hybridized carbons (Fsp3) is 0.333. The zero-order chi connectivity index (χ0) is 16.7. The summed E-state index contributed by atoms with van der Waals surface area (Å²) in [7, 11) is 0. The Kier molecular flexibility index (Phi) is 6.70. The van der Waals surface area contributed by atoms with Gasteiger partial charge in [0.2, 0.25) is 5.96 Å². The summed E-state index contributed by atoms with van der Waals surface area (Å²) in [6.45, 7) is 3.61. The maximum Gasteiger partial charge on any atom is 0.330 e. The molecule has 0 spiro atoms. The summed E-state index contributed by atoms with van der Waals surface area (Å²) in [6, 6.07) is 5.19. The lowest BCUT2D eigenvalue weighted by molar-refractivity contribution is -0.137. The number of ether oxygens (including phenoxy) is 1. The SMILES string of the molecule is CCOC(=O)/C=C/CON1CCN/C1=N\c1c(Cl)cccc1Cl. The van der Waals surface area contributed by atoms with Crippen molar-refractivity contribution in [1.29, 1.82) is 0 Å². The Bertz CT molecular complexity index is 600. The molecule has 1 saturated heterocycles. The highest BCUT2D eigenvalue weighted by Crippen LogP contribution is 2.33. The number of guanidine groups is 1. The van der Waals surface area contributed by atoms with Gasteiger partial charge in [-0.1, -0.05) is 29.3 Å². The molecule has 1 aromatic rings. The maximum atomic E-state index is 11.2. The summed E-state index contributed by atoms with van der Waals surface area (Å²) in [5.41, 5.74) is 0.482. The van der Waals surface area contributed by atoms with Crippen LogP contribution in [-0.4, -0.2) is 43.3 Å². The molecule has 8 heteroatoms. The fourth-order valence-corrected chi connectivity index (χ4v) is 2.34. The van der Waals surface area contributed by atoms with Crippen LogP contribution >= 0.6 is 23.2 Å². The van der Waals surface area contributed by atoms with Crippen LogP contribution in [0.3, 0.4) is 0 Å². The number of halogens is 2. The molecule has 2 rings (SSSR count). The number of hydrogen-bond donors (Lipinski definition) is 1. The minimum atomic E-state index is -0.396. The first kappa shape index (κ1) is 17.6. The minimum Gasteiger partial charge on any atom is -0.463 e. The van der Waals surface area contributed by atoms with Gasteiger partial charge in [-0.2, -0.15) is 0 Å². The topological polar surface area (TPSA) is 63.2 Å². The number of nitrogens with zero attached hydrogens (tertiary/aromatic N) is 2. The highest BCUT2D eigenvalue weighted by Gasteiger charge is 2.19. The lowest BCUT2D eigenvalue weighted by atomic mass is 10.3. The molecule has 1 aliphatic rings. The molecule has 0 bridgehead atoms. The van der Waals surface area contributed by atoms with E-state index in [4.69, 9.17) is 32.8 Å². The van der Waals surface area contributed by atoms with Crippen LogP contribution in [0.25, 0.3) is 0 Å². The standard InChI is InChI=1S/C15H17Cl2N3O3/c1-2-22-13(21)7-4-10-23-20-9-8-18-15(20)19-14-11(16)5-3-6-12(14)17/h3-7H,2,8-10H2,1H3,(H,18,19)/b7-4+. The molecule has 1 fully saturated rings. The molecule has 23 heavy (non-hydrogen) atoms. The summed E-state index contributed by atoms with van der Waals surface area (Å²) in [5, 5.41) is 5.61. The van der Waals surface area contributed by atoms with Crippen LogP contribution in [-0.2, 0) is 14.4 Å². The molecule has 1 aliphatic heterocycles. The first-order valence-electron chi connectivity index (χ1n) is 7.12. The molecule has 0 radical (unpaired) electrons. The van der Waals surface area contributed by atoms with Gasteiger partial charge in [0, 0.05) is 12.6 Å². The average molecular weight is 358 g/mol. The molecule has 1 aromatic carbocycles. The van der Waals surface area contributed by atoms with Crippen LogP contribution in [0.1, 0.15) is 6.92 Å². The minimum absolute atomic E-state index is 0.218. The Morgan fingerprint density at radius 3 is 2.87 bits per heavy atom. The van der Waals surface area contributed by atoms with Crippen molar-refractivity contribution in [3.05, 3.63) is 40.4 Å². The Morgan fingerprint density at radius 1 is 1.43 bits per heavy atom. The number of hydrogen-bond acceptors (Lipinski definition) is 4. The van der Waals surface area contributed by atoms with E-state index < -0.39 is 5.97 Å². The monoisotopic (exact) mass is 357 g/mol. The number of benzene rings is 1. The van der Waals surface area contributed by atoms with E-state index in [-0.39, 0.29) is 6.61 Å². The van der Waals surface area contributed by atoms with E-state index in [2.05, 4.69) is 10.3 Å². The molecule has 0 aliphatic carbocycles. The second-order valence-electron chi connectivity index (χ2n) is 4.48. The number of rotatable bonds is 6. The Morgan fingerprint density at radius 2 is 2.17 bits per heavy atom. The molecule has 1 heterocycles. The quantitative estimate of drug-likeness (QED) is 0.626. The fourth-order valence-electron chi connectivity index (χ4n) is 1.85. The summed E-state index contributed by atoms with van der Waals surface area (Å²) in [4.78, 5) is 21.1. The van der Waals surface area contributed by atoms with E-state index in [1.54, 1.807) is 36.3 Å². The van der Waals surface area contributed by atoms with Gasteiger partial charge in [-0.3, -0.25) is 4.84 Å². The molecule has 0 aromatic heterocycles. The van der Waals surface area contributed by atoms with Crippen molar-refractivity contribution in [2.75, 3.05) is 26.3 Å². The number of carbonyl (C=O) groups is 1. The number of para-hydroxylation sites is 1. The summed E-state index contributed by atoms with van der Waals surface area (Å²) in [6.07, 6.45) is 2.91. The Balaban J connectivity index is 1.98. The van der Waals surface area contributed by atoms with Gasteiger partial charge in [-0.05, 0) is 25.1 Å². The van der Waals surface area contributed by atoms with Gasteiger partial charge in [0.05, 0.1) is 29.8 Å². The number of esters is 1. The molecule has 0 saturated carbocycles. The van der Waals surface area contributed by atoms with E-state index in [1.807, 2.05) is 0 Å². The van der Waals surface area contributed by atoms with Crippen molar-refractivity contribution in [3.63, 3.8) is 0 Å². The Labute approximate surface area is 144 Å². The van der Waals surface area contributed by atoms with Crippen molar-refractivity contribution < 1.29 is 14.4 Å². The number of aliphatic imine (C=N–C) groups is 1. The number of nitrogens with one attached hydrogen (secondary N) is 1. The molecular formula is C15H17Cl2N3O3. The second-order valence-corrected chi connectivity index (χ2v) is 5.30. The Hall–Kier alpha value is -1.76. The molecule has 0 unspecified atom stereocenters. The van der Waals surface area contributed by atoms with Crippen LogP contribution in [0.15, 0.2) is 35.3 Å². The third kappa shape index (κ3) is 5.13. The van der Waals surface area contributed by atoms with E-state index in [9.17, 15) is 4.79 Å². The smallest absolute Gasteiger partial charge is 0.330 e. The largest absolute Gasteiger partial charge is 0.463 e. The predicted octanol–water partition coefficient (Wildman–Crippen LogP) is 2.94. The molecule has 0 atom stereocenters. The second kappa shape index (κ2) is 8.76. The maximum absolute atomic E-state index is 11.2. The van der Waals surface area contributed by atoms with Gasteiger partial charge in [-0.25, -0.2) is 14.9 Å². The summed E-state index contributed by atoms with van der Waals surface area (Å²) in [5.74, 6) is 0.122. The molecule has 124 valence electrons. The van der Waals surface area contributed by atoms with Crippen LogP contribution in [0.5, 0.6) is 0 Å². The molecule has 1 N–H and O–H groups in total. The van der Waals surface area contributed by atoms with Crippen molar-refractivity contribution in [3.8, 4) is 0 Å². The predicted molar refractivity (Wildman–Crippen MR) is 90.0 cm³/mol. The van der Waals surface area contributed by atoms with Gasteiger partial charge in [0.15, 0.2) is 0 Å². The first-order chi connectivity index (χ1) is 11.1. The third-order valence-corrected chi connectivity index (χ3v) is 3.47. The van der Waals surface area contributed by atoms with E-state index in [0.29, 0.717) is 41.4 Å². The molecule has 6 nitrogen and oxygen atoms in total. The lowest BCUT2D eigenvalue weighted by Crippen LogP contribution is -2.30. The van der Waals surface area contributed by atoms with Crippen molar-refractivity contribution >= 4 is 40.8 Å². The molecular weight excluding hydrogens is 341 g/mol. The van der Waals surface area contributed by atoms with Gasteiger partial charge in [0.1, 0.15) is 5.69 Å². The average Bonchev–Trinajstić information content (AvgIpc) is 2.95. The van der Waals surface area contributed by atoms with Crippen LogP contribution < -0.4 is 5.32 Å². The van der Waals surface area contributed by atoms with E-state index in [0.717, 1.165) is 0 Å². The van der Waals surface area contributed by atoms with Crippen LogP contribution in [0.4, 0.5) is 5.69 Å². The summed E-state index contributed by atoms with van der Waals surface area (Å²) < 4.78 is 4.78. The highest BCUT2D eigenvalue weighted by atomic mass is 35.5. The van der Waals surface area contributed by atoms with E-state index >= 15 is 0 Å². The highest BCUT2D eigenvalue weighted by molar-refractivity contribution is 6.38. The van der Waals surface area contributed by atoms with Crippen LogP contribution in [0, 0.1) is 0 Å². The van der Waals surface area contributed by atoms with Gasteiger partial charge in [-0.15, -0.1) is 0 Å². The van der Waals surface area contributed by atoms with Crippen molar-refractivity contribution in [1.82, 2.24) is 10.4 Å². The normalized spacial score (nSPS) is 16.1. The number of carbonyl (C=O) groups excluding carboxylic acids is 1. The third-order valence-electron chi connectivity index (χ3n) is 2.86. The summed E-state index contributed by atoms with van der Waals surface area (Å²) >= 11 is 12.2. The van der Waals surface area contributed by atoms with Gasteiger partial charge in [0.25, 0.3) is 0 Å². The van der Waals surface area contributed by atoms with Crippen molar-refractivity contribution in [2.24, 2.45) is 4.99 Å². The first-order valence-corrected chi connectivity index (χ1v) is 7.87. The lowest BCUT2D eigenvalue weighted by Gasteiger charge is -2.16. The zero-order valence-corrected chi connectivity index (χ0v) is 14.1. The van der Waals surface area contributed by atoms with Crippen LogP contribution in [0.2, 0.25) is 10.0 Å². The van der Waals surface area contributed by atoms with Gasteiger partial charge < -0.3 is 10.1 Å². The molecule has 0 amide bonds. The zero-order valence-electron chi connectivity index (χ0n) is 12.6. The van der Waals surface area contributed by atoms with Crippen molar-refractivity contribution in [2.45, 2.75) is 6.92 Å². The van der Waals surface area contributed by atoms with Gasteiger partial charge >= 0.3 is 5.97 Å². The van der Waals surface area contributed by atoms with E-state index in [1.165, 1.54) is 6.08 Å².